The van der Waals surface area contributed by atoms with E-state index in [9.17, 15) is 13.2 Å². The Kier molecular flexibility index (Phi) is 6.29. The van der Waals surface area contributed by atoms with Gasteiger partial charge in [0.05, 0.1) is 26.2 Å². The second kappa shape index (κ2) is 8.28. The minimum Gasteiger partial charge on any atom is -0.496 e. The molecule has 0 unspecified atom stereocenters. The fourth-order valence-electron chi connectivity index (χ4n) is 2.56. The first-order valence-electron chi connectivity index (χ1n) is 7.91. The van der Waals surface area contributed by atoms with E-state index in [0.29, 0.717) is 28.4 Å². The highest BCUT2D eigenvalue weighted by molar-refractivity contribution is 7.89. The highest BCUT2D eigenvalue weighted by atomic mass is 32.2. The SMILES string of the molecule is COc1cc(OC)c(OC)cc1CNC(=O)c1ccc(C)c(S(N)(=O)=O)c1. The summed E-state index contributed by atoms with van der Waals surface area (Å²) in [7, 11) is 0.611. The summed E-state index contributed by atoms with van der Waals surface area (Å²) in [5.74, 6) is 1.06. The molecule has 2 aromatic rings. The van der Waals surface area contributed by atoms with E-state index in [1.807, 2.05) is 0 Å². The Hall–Kier alpha value is -2.78. The van der Waals surface area contributed by atoms with Gasteiger partial charge in [-0.2, -0.15) is 0 Å². The molecule has 0 spiro atoms. The average molecular weight is 394 g/mol. The lowest BCUT2D eigenvalue weighted by Gasteiger charge is -2.15. The van der Waals surface area contributed by atoms with Crippen LogP contribution in [0.4, 0.5) is 0 Å². The third-order valence-corrected chi connectivity index (χ3v) is 5.04. The topological polar surface area (TPSA) is 117 Å². The number of primary sulfonamides is 1. The number of rotatable bonds is 7. The molecule has 2 rings (SSSR count). The molecule has 3 N–H and O–H groups in total. The number of hydrogen-bond acceptors (Lipinski definition) is 6. The van der Waals surface area contributed by atoms with E-state index in [1.54, 1.807) is 19.1 Å². The van der Waals surface area contributed by atoms with Gasteiger partial charge in [0, 0.05) is 23.7 Å². The molecule has 0 saturated heterocycles. The predicted octanol–water partition coefficient (Wildman–Crippen LogP) is 1.60. The van der Waals surface area contributed by atoms with Crippen LogP contribution in [-0.4, -0.2) is 35.7 Å². The Balaban J connectivity index is 2.26. The van der Waals surface area contributed by atoms with Crippen molar-refractivity contribution in [1.82, 2.24) is 5.32 Å². The van der Waals surface area contributed by atoms with Crippen LogP contribution in [0.1, 0.15) is 21.5 Å². The molecule has 0 aliphatic rings. The maximum atomic E-state index is 12.4. The summed E-state index contributed by atoms with van der Waals surface area (Å²) in [6, 6.07) is 7.68. The van der Waals surface area contributed by atoms with Gasteiger partial charge in [-0.1, -0.05) is 6.07 Å². The highest BCUT2D eigenvalue weighted by Gasteiger charge is 2.16. The van der Waals surface area contributed by atoms with Crippen LogP contribution in [0.3, 0.4) is 0 Å². The van der Waals surface area contributed by atoms with Crippen LogP contribution in [0.5, 0.6) is 17.2 Å². The van der Waals surface area contributed by atoms with E-state index in [1.165, 1.54) is 39.5 Å². The lowest BCUT2D eigenvalue weighted by molar-refractivity contribution is 0.0950. The lowest BCUT2D eigenvalue weighted by Crippen LogP contribution is -2.24. The molecule has 0 aromatic heterocycles. The normalized spacial score (nSPS) is 11.0. The van der Waals surface area contributed by atoms with Gasteiger partial charge in [-0.3, -0.25) is 4.79 Å². The molecule has 8 nitrogen and oxygen atoms in total. The molecule has 1 amide bonds. The summed E-state index contributed by atoms with van der Waals surface area (Å²) in [6.07, 6.45) is 0. The molecule has 0 atom stereocenters. The van der Waals surface area contributed by atoms with Crippen molar-refractivity contribution < 1.29 is 27.4 Å². The number of nitrogens with two attached hydrogens (primary N) is 1. The van der Waals surface area contributed by atoms with Crippen LogP contribution >= 0.6 is 0 Å². The van der Waals surface area contributed by atoms with E-state index in [-0.39, 0.29) is 17.0 Å². The van der Waals surface area contributed by atoms with Gasteiger partial charge in [0.2, 0.25) is 10.0 Å². The van der Waals surface area contributed by atoms with Crippen molar-refractivity contribution in [3.63, 3.8) is 0 Å². The third kappa shape index (κ3) is 4.69. The smallest absolute Gasteiger partial charge is 0.251 e. The third-order valence-electron chi connectivity index (χ3n) is 3.98. The van der Waals surface area contributed by atoms with Crippen molar-refractivity contribution in [2.45, 2.75) is 18.4 Å². The Morgan fingerprint density at radius 3 is 2.15 bits per heavy atom. The van der Waals surface area contributed by atoms with Crippen LogP contribution in [0, 0.1) is 6.92 Å². The van der Waals surface area contributed by atoms with Crippen LogP contribution in [0.2, 0.25) is 0 Å². The molecule has 0 heterocycles. The molecular weight excluding hydrogens is 372 g/mol. The Bertz CT molecular complexity index is 957. The van der Waals surface area contributed by atoms with E-state index in [2.05, 4.69) is 5.32 Å². The predicted molar refractivity (Wildman–Crippen MR) is 99.8 cm³/mol. The van der Waals surface area contributed by atoms with Crippen molar-refractivity contribution in [2.75, 3.05) is 21.3 Å². The van der Waals surface area contributed by atoms with Crippen molar-refractivity contribution in [3.05, 3.63) is 47.0 Å². The number of nitrogens with one attached hydrogen (secondary N) is 1. The van der Waals surface area contributed by atoms with E-state index >= 15 is 0 Å². The zero-order chi connectivity index (χ0) is 20.2. The maximum Gasteiger partial charge on any atom is 0.251 e. The second-order valence-electron chi connectivity index (χ2n) is 5.73. The van der Waals surface area contributed by atoms with Gasteiger partial charge < -0.3 is 19.5 Å². The summed E-state index contributed by atoms with van der Waals surface area (Å²) in [5, 5.41) is 7.91. The van der Waals surface area contributed by atoms with Crippen LogP contribution in [-0.2, 0) is 16.6 Å². The first kappa shape index (κ1) is 20.5. The van der Waals surface area contributed by atoms with Crippen LogP contribution < -0.4 is 24.7 Å². The van der Waals surface area contributed by atoms with Crippen molar-refractivity contribution >= 4 is 15.9 Å². The summed E-state index contributed by atoms with van der Waals surface area (Å²) in [4.78, 5) is 12.4. The number of aryl methyl sites for hydroxylation is 1. The van der Waals surface area contributed by atoms with Gasteiger partial charge in [-0.25, -0.2) is 13.6 Å². The fraction of sp³-hybridized carbons (Fsp3) is 0.278. The average Bonchev–Trinajstić information content (AvgIpc) is 2.64. The molecule has 0 radical (unpaired) electrons. The molecule has 0 saturated carbocycles. The quantitative estimate of drug-likeness (QED) is 0.737. The molecule has 2 aromatic carbocycles. The number of hydrogen-bond donors (Lipinski definition) is 2. The summed E-state index contributed by atoms with van der Waals surface area (Å²) < 4.78 is 39.1. The zero-order valence-corrected chi connectivity index (χ0v) is 16.3. The summed E-state index contributed by atoms with van der Waals surface area (Å²) in [6.45, 7) is 1.75. The van der Waals surface area contributed by atoms with Gasteiger partial charge in [0.25, 0.3) is 5.91 Å². The standard InChI is InChI=1S/C18H22N2O6S/c1-11-5-6-12(8-17(11)27(19,22)23)18(21)20-10-13-7-15(25-3)16(26-4)9-14(13)24-2/h5-9H,10H2,1-4H3,(H,20,21)(H2,19,22,23). The Labute approximate surface area is 158 Å². The van der Waals surface area contributed by atoms with Crippen molar-refractivity contribution in [3.8, 4) is 17.2 Å². The van der Waals surface area contributed by atoms with E-state index in [4.69, 9.17) is 19.3 Å². The molecule has 0 aliphatic heterocycles. The van der Waals surface area contributed by atoms with E-state index in [0.717, 1.165) is 0 Å². The molecule has 0 aliphatic carbocycles. The monoisotopic (exact) mass is 394 g/mol. The molecule has 146 valence electrons. The number of ether oxygens (including phenoxy) is 3. The summed E-state index contributed by atoms with van der Waals surface area (Å²) in [5.41, 5.74) is 1.32. The minimum absolute atomic E-state index is 0.0844. The minimum atomic E-state index is -3.91. The van der Waals surface area contributed by atoms with E-state index < -0.39 is 15.9 Å². The number of sulfonamides is 1. The number of carbonyl (C=O) groups excluding carboxylic acids is 1. The summed E-state index contributed by atoms with van der Waals surface area (Å²) >= 11 is 0. The van der Waals surface area contributed by atoms with Gasteiger partial charge >= 0.3 is 0 Å². The molecule has 27 heavy (non-hydrogen) atoms. The Morgan fingerprint density at radius 2 is 1.59 bits per heavy atom. The molecular formula is C18H22N2O6S. The number of amides is 1. The van der Waals surface area contributed by atoms with Gasteiger partial charge in [-0.15, -0.1) is 0 Å². The van der Waals surface area contributed by atoms with Gasteiger partial charge in [0.15, 0.2) is 11.5 Å². The number of carbonyl (C=O) groups is 1. The largest absolute Gasteiger partial charge is 0.496 e. The molecule has 0 bridgehead atoms. The maximum absolute atomic E-state index is 12.4. The fourth-order valence-corrected chi connectivity index (χ4v) is 3.36. The van der Waals surface area contributed by atoms with Crippen LogP contribution in [0.15, 0.2) is 35.2 Å². The number of benzene rings is 2. The van der Waals surface area contributed by atoms with Crippen molar-refractivity contribution in [1.29, 1.82) is 0 Å². The molecule has 9 heteroatoms. The second-order valence-corrected chi connectivity index (χ2v) is 7.26. The van der Waals surface area contributed by atoms with Crippen LogP contribution in [0.25, 0.3) is 0 Å². The Morgan fingerprint density at radius 1 is 1.00 bits per heavy atom. The number of methoxy groups -OCH3 is 3. The lowest BCUT2D eigenvalue weighted by atomic mass is 10.1. The molecule has 0 fully saturated rings. The zero-order valence-electron chi connectivity index (χ0n) is 15.5. The first-order chi connectivity index (χ1) is 12.7. The highest BCUT2D eigenvalue weighted by Crippen LogP contribution is 2.34. The van der Waals surface area contributed by atoms with Crippen molar-refractivity contribution in [2.24, 2.45) is 5.14 Å². The first-order valence-corrected chi connectivity index (χ1v) is 9.46. The van der Waals surface area contributed by atoms with Gasteiger partial charge in [-0.05, 0) is 30.7 Å². The van der Waals surface area contributed by atoms with Gasteiger partial charge in [0.1, 0.15) is 5.75 Å².